The molecule has 0 aliphatic carbocycles. The van der Waals surface area contributed by atoms with E-state index in [-0.39, 0.29) is 12.0 Å². The number of halogens is 2. The minimum atomic E-state index is 0.112. The molecular formula is C13H14BrClN4O2. The molecule has 0 saturated heterocycles. The molecule has 6 nitrogen and oxygen atoms in total. The molecule has 2 rings (SSSR count). The van der Waals surface area contributed by atoms with Crippen molar-refractivity contribution in [2.75, 3.05) is 19.0 Å². The van der Waals surface area contributed by atoms with Crippen LogP contribution in [0.1, 0.15) is 13.3 Å². The average Bonchev–Trinajstić information content (AvgIpc) is 2.48. The molecule has 1 aromatic heterocycles. The Kier molecular flexibility index (Phi) is 5.58. The molecule has 0 bridgehead atoms. The molecule has 1 heterocycles. The second-order valence-electron chi connectivity index (χ2n) is 4.00. The van der Waals surface area contributed by atoms with Gasteiger partial charge in [0.25, 0.3) is 0 Å². The van der Waals surface area contributed by atoms with Crippen LogP contribution in [0.2, 0.25) is 5.02 Å². The van der Waals surface area contributed by atoms with Gasteiger partial charge in [-0.05, 0) is 24.6 Å². The number of hydrogen-bond donors (Lipinski definition) is 1. The summed E-state index contributed by atoms with van der Waals surface area (Å²) in [6, 6.07) is 5.59. The highest BCUT2D eigenvalue weighted by Gasteiger charge is 2.11. The zero-order valence-electron chi connectivity index (χ0n) is 11.6. The molecule has 0 amide bonds. The van der Waals surface area contributed by atoms with Crippen LogP contribution in [-0.4, -0.2) is 28.6 Å². The molecule has 0 unspecified atom stereocenters. The normalized spacial score (nSPS) is 10.3. The summed E-state index contributed by atoms with van der Waals surface area (Å²) in [5, 5.41) is 3.29. The first-order valence-corrected chi connectivity index (χ1v) is 7.49. The van der Waals surface area contributed by atoms with Crippen LogP contribution in [0.5, 0.6) is 17.8 Å². The number of aromatic nitrogens is 3. The number of ether oxygens (including phenoxy) is 2. The molecule has 0 aliphatic rings. The smallest absolute Gasteiger partial charge is 0.330 e. The van der Waals surface area contributed by atoms with E-state index in [2.05, 4.69) is 36.2 Å². The van der Waals surface area contributed by atoms with Crippen LogP contribution in [0.4, 0.5) is 5.95 Å². The lowest BCUT2D eigenvalue weighted by Gasteiger charge is -2.09. The molecule has 1 aromatic carbocycles. The highest BCUT2D eigenvalue weighted by atomic mass is 79.9. The van der Waals surface area contributed by atoms with E-state index in [9.17, 15) is 0 Å². The maximum atomic E-state index is 6.08. The van der Waals surface area contributed by atoms with Crippen LogP contribution >= 0.6 is 27.5 Å². The highest BCUT2D eigenvalue weighted by molar-refractivity contribution is 9.10. The van der Waals surface area contributed by atoms with Gasteiger partial charge in [0.15, 0.2) is 5.75 Å². The topological polar surface area (TPSA) is 69.2 Å². The van der Waals surface area contributed by atoms with E-state index < -0.39 is 0 Å². The van der Waals surface area contributed by atoms with Gasteiger partial charge in [0.1, 0.15) is 0 Å². The van der Waals surface area contributed by atoms with Crippen LogP contribution in [0.15, 0.2) is 22.7 Å². The van der Waals surface area contributed by atoms with Gasteiger partial charge < -0.3 is 14.8 Å². The quantitative estimate of drug-likeness (QED) is 0.828. The third-order valence-electron chi connectivity index (χ3n) is 2.35. The van der Waals surface area contributed by atoms with Crippen molar-refractivity contribution in [1.82, 2.24) is 15.0 Å². The molecule has 0 atom stereocenters. The second-order valence-corrected chi connectivity index (χ2v) is 5.32. The molecule has 0 aliphatic heterocycles. The summed E-state index contributed by atoms with van der Waals surface area (Å²) >= 11 is 9.44. The third kappa shape index (κ3) is 4.44. The minimum absolute atomic E-state index is 0.112. The summed E-state index contributed by atoms with van der Waals surface area (Å²) in [4.78, 5) is 12.3. The molecule has 0 spiro atoms. The van der Waals surface area contributed by atoms with Gasteiger partial charge in [0.2, 0.25) is 5.95 Å². The van der Waals surface area contributed by atoms with Crippen molar-refractivity contribution in [3.63, 3.8) is 0 Å². The van der Waals surface area contributed by atoms with Crippen LogP contribution in [0.3, 0.4) is 0 Å². The summed E-state index contributed by atoms with van der Waals surface area (Å²) in [6.45, 7) is 2.52. The van der Waals surface area contributed by atoms with E-state index in [1.165, 1.54) is 0 Å². The Morgan fingerprint density at radius 2 is 2.00 bits per heavy atom. The Bertz CT molecular complexity index is 627. The number of rotatable bonds is 6. The van der Waals surface area contributed by atoms with Crippen LogP contribution in [-0.2, 0) is 0 Å². The summed E-state index contributed by atoms with van der Waals surface area (Å²) in [6.07, 6.45) is 0.855. The Morgan fingerprint density at radius 1 is 1.24 bits per heavy atom. The summed E-state index contributed by atoms with van der Waals surface area (Å²) < 4.78 is 11.9. The zero-order chi connectivity index (χ0) is 15.2. The Morgan fingerprint density at radius 3 is 2.71 bits per heavy atom. The van der Waals surface area contributed by atoms with Crippen molar-refractivity contribution in [2.45, 2.75) is 13.3 Å². The lowest BCUT2D eigenvalue weighted by atomic mass is 10.3. The number of nitrogens with zero attached hydrogens (tertiary/aromatic N) is 3. The van der Waals surface area contributed by atoms with Gasteiger partial charge in [0, 0.05) is 11.5 Å². The maximum absolute atomic E-state index is 6.08. The van der Waals surface area contributed by atoms with Crippen LogP contribution < -0.4 is 14.8 Å². The van der Waals surface area contributed by atoms with Gasteiger partial charge in [-0.3, -0.25) is 0 Å². The number of anilines is 1. The van der Waals surface area contributed by atoms with Crippen LogP contribution in [0, 0.1) is 0 Å². The maximum Gasteiger partial charge on any atom is 0.330 e. The summed E-state index contributed by atoms with van der Waals surface area (Å²) in [5.41, 5.74) is 0. The van der Waals surface area contributed by atoms with Gasteiger partial charge in [-0.25, -0.2) is 0 Å². The highest BCUT2D eigenvalue weighted by Crippen LogP contribution is 2.31. The summed E-state index contributed by atoms with van der Waals surface area (Å²) in [5.74, 6) is 0.804. The van der Waals surface area contributed by atoms with E-state index in [1.54, 1.807) is 19.2 Å². The van der Waals surface area contributed by atoms with E-state index in [0.29, 0.717) is 23.3 Å². The second kappa shape index (κ2) is 7.42. The molecule has 112 valence electrons. The number of nitrogens with one attached hydrogen (secondary N) is 1. The lowest BCUT2D eigenvalue weighted by molar-refractivity contribution is 0.285. The Balaban J connectivity index is 2.27. The van der Waals surface area contributed by atoms with Gasteiger partial charge >= 0.3 is 12.0 Å². The van der Waals surface area contributed by atoms with Crippen molar-refractivity contribution in [3.8, 4) is 17.8 Å². The third-order valence-corrected chi connectivity index (χ3v) is 3.15. The monoisotopic (exact) mass is 372 g/mol. The minimum Gasteiger partial charge on any atom is -0.463 e. The first-order valence-electron chi connectivity index (χ1n) is 6.32. The van der Waals surface area contributed by atoms with E-state index in [1.807, 2.05) is 13.0 Å². The first kappa shape index (κ1) is 15.8. The fourth-order valence-electron chi connectivity index (χ4n) is 1.41. The van der Waals surface area contributed by atoms with Gasteiger partial charge in [-0.15, -0.1) is 4.98 Å². The number of hydrogen-bond acceptors (Lipinski definition) is 6. The molecule has 2 aromatic rings. The Labute approximate surface area is 136 Å². The first-order chi connectivity index (χ1) is 10.1. The molecular weight excluding hydrogens is 360 g/mol. The van der Waals surface area contributed by atoms with E-state index >= 15 is 0 Å². The standard InChI is InChI=1S/C13H14BrClN4O2/c1-3-6-20-12-17-11(16-2)18-13(19-12)21-10-7-8(14)4-5-9(10)15/h4-5,7H,3,6H2,1-2H3,(H,16,17,18,19). The lowest BCUT2D eigenvalue weighted by Crippen LogP contribution is -2.06. The molecule has 0 radical (unpaired) electrons. The van der Waals surface area contributed by atoms with Gasteiger partial charge in [-0.1, -0.05) is 34.5 Å². The fraction of sp³-hybridized carbons (Fsp3) is 0.308. The van der Waals surface area contributed by atoms with Gasteiger partial charge in [-0.2, -0.15) is 9.97 Å². The molecule has 1 N–H and O–H groups in total. The van der Waals surface area contributed by atoms with Crippen molar-refractivity contribution in [3.05, 3.63) is 27.7 Å². The summed E-state index contributed by atoms with van der Waals surface area (Å²) in [7, 11) is 1.70. The van der Waals surface area contributed by atoms with Crippen molar-refractivity contribution in [2.24, 2.45) is 0 Å². The molecule has 21 heavy (non-hydrogen) atoms. The molecule has 8 heteroatoms. The average molecular weight is 374 g/mol. The Hall–Kier alpha value is -1.60. The van der Waals surface area contributed by atoms with Crippen molar-refractivity contribution >= 4 is 33.5 Å². The largest absolute Gasteiger partial charge is 0.463 e. The van der Waals surface area contributed by atoms with E-state index in [0.717, 1.165) is 10.9 Å². The predicted molar refractivity (Wildman–Crippen MR) is 84.4 cm³/mol. The molecule has 0 saturated carbocycles. The van der Waals surface area contributed by atoms with Crippen LogP contribution in [0.25, 0.3) is 0 Å². The van der Waals surface area contributed by atoms with Crippen molar-refractivity contribution < 1.29 is 9.47 Å². The SMILES string of the molecule is CCCOc1nc(NC)nc(Oc2cc(Br)ccc2Cl)n1. The predicted octanol–water partition coefficient (Wildman–Crippen LogP) is 3.91. The number of benzene rings is 1. The fourth-order valence-corrected chi connectivity index (χ4v) is 1.90. The van der Waals surface area contributed by atoms with Gasteiger partial charge in [0.05, 0.1) is 11.6 Å². The van der Waals surface area contributed by atoms with E-state index in [4.69, 9.17) is 21.1 Å². The zero-order valence-corrected chi connectivity index (χ0v) is 13.9. The van der Waals surface area contributed by atoms with Crippen molar-refractivity contribution in [1.29, 1.82) is 0 Å². The molecule has 0 fully saturated rings.